The van der Waals surface area contributed by atoms with Crippen LogP contribution in [0.4, 0.5) is 0 Å². The van der Waals surface area contributed by atoms with Crippen molar-refractivity contribution in [3.63, 3.8) is 0 Å². The van der Waals surface area contributed by atoms with Crippen LogP contribution in [0.15, 0.2) is 0 Å². The predicted octanol–water partition coefficient (Wildman–Crippen LogP) is 3.91. The maximum atomic E-state index is 5.86. The number of ether oxygens (including phenoxy) is 1. The Bertz CT molecular complexity index is 384. The normalized spacial score (nSPS) is 35.1. The first kappa shape index (κ1) is 13.4. The second-order valence-electron chi connectivity index (χ2n) is 4.79. The van der Waals surface area contributed by atoms with Crippen LogP contribution in [0.25, 0.3) is 0 Å². The van der Waals surface area contributed by atoms with E-state index in [-0.39, 0.29) is 6.10 Å². The molecule has 1 saturated heterocycles. The summed E-state index contributed by atoms with van der Waals surface area (Å²) in [6, 6.07) is 0. The molecule has 5 atom stereocenters. The Balaban J connectivity index is 2.20. The highest BCUT2D eigenvalue weighted by molar-refractivity contribution is 9.09. The molecule has 17 heavy (non-hydrogen) atoms. The summed E-state index contributed by atoms with van der Waals surface area (Å²) in [7, 11) is 0. The summed E-state index contributed by atoms with van der Waals surface area (Å²) in [4.78, 5) is 0.333. The van der Waals surface area contributed by atoms with Crippen molar-refractivity contribution in [2.45, 2.75) is 57.1 Å². The van der Waals surface area contributed by atoms with Crippen LogP contribution in [0.3, 0.4) is 0 Å². The third kappa shape index (κ3) is 2.56. The molecule has 1 aromatic rings. The SMILES string of the molecule is CCC(Br)c1nnc(C2C(C)OC(C)C2C)s1. The zero-order valence-corrected chi connectivity index (χ0v) is 13.1. The van der Waals surface area contributed by atoms with Crippen LogP contribution in [0, 0.1) is 5.92 Å². The maximum absolute atomic E-state index is 5.86. The molecule has 5 heteroatoms. The number of nitrogens with zero attached hydrogens (tertiary/aromatic N) is 2. The fourth-order valence-corrected chi connectivity index (χ4v) is 3.96. The van der Waals surface area contributed by atoms with Gasteiger partial charge in [0.15, 0.2) is 0 Å². The molecule has 1 fully saturated rings. The van der Waals surface area contributed by atoms with Crippen molar-refractivity contribution in [1.82, 2.24) is 10.2 Å². The highest BCUT2D eigenvalue weighted by Crippen LogP contribution is 2.42. The van der Waals surface area contributed by atoms with Gasteiger partial charge in [-0.3, -0.25) is 0 Å². The van der Waals surface area contributed by atoms with Crippen molar-refractivity contribution < 1.29 is 4.74 Å². The Morgan fingerprint density at radius 1 is 1.29 bits per heavy atom. The van der Waals surface area contributed by atoms with Crippen LogP contribution in [-0.4, -0.2) is 22.4 Å². The van der Waals surface area contributed by atoms with Gasteiger partial charge in [-0.15, -0.1) is 10.2 Å². The Labute approximate surface area is 115 Å². The van der Waals surface area contributed by atoms with Gasteiger partial charge in [0.25, 0.3) is 0 Å². The van der Waals surface area contributed by atoms with E-state index < -0.39 is 0 Å². The Hall–Kier alpha value is -0.0000000000000000555. The number of hydrogen-bond donors (Lipinski definition) is 0. The molecule has 0 spiro atoms. The second-order valence-corrected chi connectivity index (χ2v) is 6.93. The molecule has 3 nitrogen and oxygen atoms in total. The molecule has 96 valence electrons. The van der Waals surface area contributed by atoms with Crippen molar-refractivity contribution in [2.75, 3.05) is 0 Å². The topological polar surface area (TPSA) is 35.0 Å². The summed E-state index contributed by atoms with van der Waals surface area (Å²) in [5, 5.41) is 10.9. The van der Waals surface area contributed by atoms with Crippen LogP contribution in [-0.2, 0) is 4.74 Å². The van der Waals surface area contributed by atoms with Crippen LogP contribution in [0.2, 0.25) is 0 Å². The molecular weight excluding hydrogens is 300 g/mol. The van der Waals surface area contributed by atoms with E-state index in [4.69, 9.17) is 4.74 Å². The van der Waals surface area contributed by atoms with Gasteiger partial charge in [0, 0.05) is 5.92 Å². The quantitative estimate of drug-likeness (QED) is 0.792. The molecule has 0 aliphatic carbocycles. The van der Waals surface area contributed by atoms with Gasteiger partial charge in [-0.1, -0.05) is 41.1 Å². The van der Waals surface area contributed by atoms with Crippen LogP contribution < -0.4 is 0 Å². The van der Waals surface area contributed by atoms with Crippen molar-refractivity contribution >= 4 is 27.3 Å². The van der Waals surface area contributed by atoms with E-state index in [0.29, 0.717) is 22.8 Å². The molecule has 1 aliphatic heterocycles. The van der Waals surface area contributed by atoms with Crippen molar-refractivity contribution in [3.8, 4) is 0 Å². The zero-order chi connectivity index (χ0) is 12.6. The van der Waals surface area contributed by atoms with Gasteiger partial charge in [0.05, 0.1) is 17.0 Å². The summed E-state index contributed by atoms with van der Waals surface area (Å²) >= 11 is 5.35. The lowest BCUT2D eigenvalue weighted by molar-refractivity contribution is 0.0556. The van der Waals surface area contributed by atoms with E-state index in [0.717, 1.165) is 16.4 Å². The van der Waals surface area contributed by atoms with Crippen LogP contribution in [0.5, 0.6) is 0 Å². The first-order valence-corrected chi connectivity index (χ1v) is 7.90. The maximum Gasteiger partial charge on any atom is 0.131 e. The van der Waals surface area contributed by atoms with E-state index in [1.54, 1.807) is 11.3 Å². The van der Waals surface area contributed by atoms with Crippen molar-refractivity contribution in [1.29, 1.82) is 0 Å². The molecule has 1 aliphatic rings. The van der Waals surface area contributed by atoms with Gasteiger partial charge in [0.1, 0.15) is 10.0 Å². The minimum atomic E-state index is 0.246. The molecule has 0 bridgehead atoms. The summed E-state index contributed by atoms with van der Waals surface area (Å²) in [6.07, 6.45) is 1.60. The van der Waals surface area contributed by atoms with Gasteiger partial charge in [0.2, 0.25) is 0 Å². The number of rotatable bonds is 3. The molecule has 1 aromatic heterocycles. The van der Waals surface area contributed by atoms with E-state index in [2.05, 4.69) is 53.8 Å². The van der Waals surface area contributed by atoms with Gasteiger partial charge in [-0.05, 0) is 26.2 Å². The lowest BCUT2D eigenvalue weighted by atomic mass is 9.90. The van der Waals surface area contributed by atoms with E-state index >= 15 is 0 Å². The molecule has 5 unspecified atom stereocenters. The lowest BCUT2D eigenvalue weighted by Gasteiger charge is -2.14. The van der Waals surface area contributed by atoms with Crippen LogP contribution in [0.1, 0.15) is 54.9 Å². The van der Waals surface area contributed by atoms with E-state index in [9.17, 15) is 0 Å². The van der Waals surface area contributed by atoms with Gasteiger partial charge < -0.3 is 4.74 Å². The minimum Gasteiger partial charge on any atom is -0.375 e. The average molecular weight is 319 g/mol. The van der Waals surface area contributed by atoms with Crippen molar-refractivity contribution in [2.24, 2.45) is 5.92 Å². The largest absolute Gasteiger partial charge is 0.375 e. The Morgan fingerprint density at radius 3 is 2.53 bits per heavy atom. The summed E-state index contributed by atoms with van der Waals surface area (Å²) in [5.41, 5.74) is 0. The van der Waals surface area contributed by atoms with Gasteiger partial charge >= 0.3 is 0 Å². The minimum absolute atomic E-state index is 0.246. The average Bonchev–Trinajstić information content (AvgIpc) is 2.85. The third-order valence-electron chi connectivity index (χ3n) is 3.61. The molecule has 2 rings (SSSR count). The third-order valence-corrected chi connectivity index (χ3v) is 6.13. The number of hydrogen-bond acceptors (Lipinski definition) is 4. The highest BCUT2D eigenvalue weighted by atomic mass is 79.9. The predicted molar refractivity (Wildman–Crippen MR) is 73.8 cm³/mol. The number of halogens is 1. The van der Waals surface area contributed by atoms with Crippen LogP contribution >= 0.6 is 27.3 Å². The standard InChI is InChI=1S/C12H19BrN2OS/c1-5-9(13)11-14-15-12(17-11)10-6(2)7(3)16-8(10)4/h6-10H,5H2,1-4H3. The molecule has 0 aromatic carbocycles. The first-order valence-electron chi connectivity index (χ1n) is 6.17. The molecule has 0 amide bonds. The summed E-state index contributed by atoms with van der Waals surface area (Å²) < 4.78 is 5.86. The first-order chi connectivity index (χ1) is 8.04. The van der Waals surface area contributed by atoms with Crippen molar-refractivity contribution in [3.05, 3.63) is 10.0 Å². The lowest BCUT2D eigenvalue weighted by Crippen LogP contribution is -2.14. The number of alkyl halides is 1. The number of aromatic nitrogens is 2. The Morgan fingerprint density at radius 2 is 2.00 bits per heavy atom. The molecule has 0 saturated carbocycles. The fourth-order valence-electron chi connectivity index (χ4n) is 2.37. The highest BCUT2D eigenvalue weighted by Gasteiger charge is 2.40. The fraction of sp³-hybridized carbons (Fsp3) is 0.833. The molecular formula is C12H19BrN2OS. The summed E-state index contributed by atoms with van der Waals surface area (Å²) in [6.45, 7) is 8.66. The molecule has 0 N–H and O–H groups in total. The van der Waals surface area contributed by atoms with E-state index in [1.807, 2.05) is 0 Å². The van der Waals surface area contributed by atoms with Gasteiger partial charge in [-0.2, -0.15) is 0 Å². The van der Waals surface area contributed by atoms with Gasteiger partial charge in [-0.25, -0.2) is 0 Å². The molecule has 0 radical (unpaired) electrons. The smallest absolute Gasteiger partial charge is 0.131 e. The van der Waals surface area contributed by atoms with E-state index in [1.165, 1.54) is 0 Å². The zero-order valence-electron chi connectivity index (χ0n) is 10.7. The molecule has 2 heterocycles. The Kier molecular flexibility index (Phi) is 4.21. The summed E-state index contributed by atoms with van der Waals surface area (Å²) in [5.74, 6) is 0.911. The monoisotopic (exact) mass is 318 g/mol. The second kappa shape index (κ2) is 5.33.